The molecule has 1 aliphatic heterocycles. The highest BCUT2D eigenvalue weighted by Gasteiger charge is 2.25. The number of piperazine rings is 1. The number of hydrogen-bond donors (Lipinski definition) is 1. The Morgan fingerprint density at radius 1 is 1.19 bits per heavy atom. The summed E-state index contributed by atoms with van der Waals surface area (Å²) < 4.78 is 30.2. The van der Waals surface area contributed by atoms with Gasteiger partial charge < -0.3 is 9.42 Å². The van der Waals surface area contributed by atoms with Gasteiger partial charge in [-0.05, 0) is 19.9 Å². The van der Waals surface area contributed by atoms with Gasteiger partial charge in [-0.2, -0.15) is 4.98 Å². The fourth-order valence-corrected chi connectivity index (χ4v) is 3.72. The molecule has 8 nitrogen and oxygen atoms in total. The third-order valence-corrected chi connectivity index (χ3v) is 5.53. The van der Waals surface area contributed by atoms with Gasteiger partial charge in [0.2, 0.25) is 21.7 Å². The molecular weight excluding hydrogens is 366 g/mol. The van der Waals surface area contributed by atoms with Crippen LogP contribution in [0.5, 0.6) is 0 Å². The minimum absolute atomic E-state index is 0.0732. The van der Waals surface area contributed by atoms with Crippen LogP contribution in [-0.4, -0.2) is 73.9 Å². The monoisotopic (exact) mass is 393 g/mol. The normalized spacial score (nSPS) is 17.9. The Balaban J connectivity index is 1.46. The second-order valence-corrected chi connectivity index (χ2v) is 8.73. The molecule has 0 aliphatic carbocycles. The lowest BCUT2D eigenvalue weighted by molar-refractivity contribution is 0.0880. The number of benzene rings is 1. The van der Waals surface area contributed by atoms with Gasteiger partial charge in [0.25, 0.3) is 0 Å². The maximum Gasteiger partial charge on any atom is 0.244 e. The summed E-state index contributed by atoms with van der Waals surface area (Å²) >= 11 is 0. The van der Waals surface area contributed by atoms with E-state index in [-0.39, 0.29) is 6.04 Å². The maximum absolute atomic E-state index is 11.1. The van der Waals surface area contributed by atoms with Crippen LogP contribution in [0, 0.1) is 0 Å². The van der Waals surface area contributed by atoms with Crippen LogP contribution in [0.25, 0.3) is 11.4 Å². The van der Waals surface area contributed by atoms with E-state index in [0.717, 1.165) is 44.7 Å². The average Bonchev–Trinajstić information content (AvgIpc) is 3.15. The topological polar surface area (TPSA) is 91.6 Å². The van der Waals surface area contributed by atoms with Crippen molar-refractivity contribution in [2.45, 2.75) is 19.4 Å². The molecule has 1 unspecified atom stereocenters. The smallest absolute Gasteiger partial charge is 0.244 e. The molecule has 1 N–H and O–H groups in total. The number of hydrogen-bond acceptors (Lipinski definition) is 7. The third kappa shape index (κ3) is 5.83. The van der Waals surface area contributed by atoms with Crippen LogP contribution >= 0.6 is 0 Å². The second-order valence-electron chi connectivity index (χ2n) is 6.90. The minimum atomic E-state index is -3.10. The lowest BCUT2D eigenvalue weighted by Crippen LogP contribution is -2.47. The highest BCUT2D eigenvalue weighted by Crippen LogP contribution is 2.23. The number of sulfonamides is 1. The molecule has 148 valence electrons. The highest BCUT2D eigenvalue weighted by molar-refractivity contribution is 7.88. The van der Waals surface area contributed by atoms with Crippen molar-refractivity contribution >= 4 is 10.0 Å². The summed E-state index contributed by atoms with van der Waals surface area (Å²) in [6, 6.07) is 9.89. The van der Waals surface area contributed by atoms with Crippen molar-refractivity contribution in [3.8, 4) is 11.4 Å². The van der Waals surface area contributed by atoms with E-state index in [1.807, 2.05) is 30.3 Å². The molecule has 1 saturated heterocycles. The second kappa shape index (κ2) is 8.92. The molecule has 0 bridgehead atoms. The SMILES string of the molecule is CC(c1nc(-c2ccccc2)no1)N1CCN(CCCNS(C)(=O)=O)CC1. The standard InChI is InChI=1S/C18H27N5O3S/c1-15(18-20-17(21-26-18)16-7-4-3-5-8-16)23-13-11-22(12-14-23)10-6-9-19-27(2,24)25/h3-5,7-8,15,19H,6,9-14H2,1-2H3. The summed E-state index contributed by atoms with van der Waals surface area (Å²) in [7, 11) is -3.10. The molecule has 2 heterocycles. The molecule has 1 fully saturated rings. The Morgan fingerprint density at radius 2 is 1.89 bits per heavy atom. The molecule has 0 amide bonds. The highest BCUT2D eigenvalue weighted by atomic mass is 32.2. The van der Waals surface area contributed by atoms with Crippen LogP contribution in [-0.2, 0) is 10.0 Å². The molecule has 1 aromatic carbocycles. The van der Waals surface area contributed by atoms with E-state index in [9.17, 15) is 8.42 Å². The average molecular weight is 394 g/mol. The van der Waals surface area contributed by atoms with Crippen LogP contribution in [0.1, 0.15) is 25.3 Å². The number of rotatable bonds is 8. The first kappa shape index (κ1) is 19.9. The predicted octanol–water partition coefficient (Wildman–Crippen LogP) is 1.35. The Bertz CT molecular complexity index is 817. The van der Waals surface area contributed by atoms with E-state index in [2.05, 4.69) is 31.6 Å². The molecule has 3 rings (SSSR count). The molecule has 0 saturated carbocycles. The predicted molar refractivity (Wildman–Crippen MR) is 104 cm³/mol. The van der Waals surface area contributed by atoms with Crippen LogP contribution in [0.4, 0.5) is 0 Å². The first-order chi connectivity index (χ1) is 12.9. The largest absolute Gasteiger partial charge is 0.337 e. The summed E-state index contributed by atoms with van der Waals surface area (Å²) in [5.41, 5.74) is 0.951. The molecule has 0 radical (unpaired) electrons. The molecule has 1 aromatic heterocycles. The zero-order valence-electron chi connectivity index (χ0n) is 15.8. The zero-order valence-corrected chi connectivity index (χ0v) is 16.7. The van der Waals surface area contributed by atoms with Crippen molar-refractivity contribution < 1.29 is 12.9 Å². The number of aromatic nitrogens is 2. The van der Waals surface area contributed by atoms with Crippen LogP contribution in [0.2, 0.25) is 0 Å². The van der Waals surface area contributed by atoms with Gasteiger partial charge in [-0.1, -0.05) is 35.5 Å². The van der Waals surface area contributed by atoms with Gasteiger partial charge in [0, 0.05) is 38.3 Å². The van der Waals surface area contributed by atoms with E-state index in [0.29, 0.717) is 18.3 Å². The van der Waals surface area contributed by atoms with Crippen molar-refractivity contribution in [2.24, 2.45) is 0 Å². The van der Waals surface area contributed by atoms with Gasteiger partial charge in [-0.3, -0.25) is 4.90 Å². The quantitative estimate of drug-likeness (QED) is 0.677. The van der Waals surface area contributed by atoms with E-state index >= 15 is 0 Å². The van der Waals surface area contributed by atoms with E-state index in [4.69, 9.17) is 4.52 Å². The molecule has 9 heteroatoms. The molecule has 1 atom stereocenters. The van der Waals surface area contributed by atoms with Crippen LogP contribution in [0.15, 0.2) is 34.9 Å². The van der Waals surface area contributed by atoms with E-state index < -0.39 is 10.0 Å². The maximum atomic E-state index is 11.1. The van der Waals surface area contributed by atoms with E-state index in [1.165, 1.54) is 6.26 Å². The van der Waals surface area contributed by atoms with Gasteiger partial charge >= 0.3 is 0 Å². The summed E-state index contributed by atoms with van der Waals surface area (Å²) in [6.07, 6.45) is 2.00. The van der Waals surface area contributed by atoms with Crippen molar-refractivity contribution in [1.29, 1.82) is 0 Å². The Kier molecular flexibility index (Phi) is 6.59. The molecule has 27 heavy (non-hydrogen) atoms. The lowest BCUT2D eigenvalue weighted by Gasteiger charge is -2.36. The van der Waals surface area contributed by atoms with E-state index in [1.54, 1.807) is 0 Å². The Hall–Kier alpha value is -1.81. The van der Waals surface area contributed by atoms with Crippen molar-refractivity contribution in [3.63, 3.8) is 0 Å². The fourth-order valence-electron chi connectivity index (χ4n) is 3.20. The van der Waals surface area contributed by atoms with Gasteiger partial charge in [0.05, 0.1) is 12.3 Å². The Morgan fingerprint density at radius 3 is 2.56 bits per heavy atom. The minimum Gasteiger partial charge on any atom is -0.337 e. The molecule has 1 aliphatic rings. The first-order valence-electron chi connectivity index (χ1n) is 9.22. The third-order valence-electron chi connectivity index (χ3n) is 4.80. The van der Waals surface area contributed by atoms with Gasteiger partial charge in [-0.15, -0.1) is 0 Å². The van der Waals surface area contributed by atoms with Crippen LogP contribution in [0.3, 0.4) is 0 Å². The zero-order chi connectivity index (χ0) is 19.3. The lowest BCUT2D eigenvalue weighted by atomic mass is 10.2. The summed E-state index contributed by atoms with van der Waals surface area (Å²) in [5, 5.41) is 4.11. The fraction of sp³-hybridized carbons (Fsp3) is 0.556. The van der Waals surface area contributed by atoms with Gasteiger partial charge in [0.1, 0.15) is 0 Å². The molecule has 0 spiro atoms. The number of nitrogens with one attached hydrogen (secondary N) is 1. The van der Waals surface area contributed by atoms with Gasteiger partial charge in [0.15, 0.2) is 0 Å². The summed E-state index contributed by atoms with van der Waals surface area (Å²) in [5.74, 6) is 1.26. The first-order valence-corrected chi connectivity index (χ1v) is 11.1. The summed E-state index contributed by atoms with van der Waals surface area (Å²) in [6.45, 7) is 7.20. The number of nitrogens with zero attached hydrogens (tertiary/aromatic N) is 4. The van der Waals surface area contributed by atoms with Crippen molar-refractivity contribution in [2.75, 3.05) is 45.5 Å². The van der Waals surface area contributed by atoms with Crippen LogP contribution < -0.4 is 4.72 Å². The molecular formula is C18H27N5O3S. The van der Waals surface area contributed by atoms with Crippen molar-refractivity contribution in [1.82, 2.24) is 24.7 Å². The Labute approximate surface area is 160 Å². The summed E-state index contributed by atoms with van der Waals surface area (Å²) in [4.78, 5) is 9.26. The van der Waals surface area contributed by atoms with Crippen molar-refractivity contribution in [3.05, 3.63) is 36.2 Å². The van der Waals surface area contributed by atoms with Gasteiger partial charge in [-0.25, -0.2) is 13.1 Å². The molecule has 2 aromatic rings.